The SMILES string of the molecule is COc1cc(Nc2cc(-c3ccc4ccsc4n3)nn2C)nc2c1cnn2C. The second-order valence-electron chi connectivity index (χ2n) is 6.39. The van der Waals surface area contributed by atoms with Gasteiger partial charge >= 0.3 is 0 Å². The van der Waals surface area contributed by atoms with Crippen molar-refractivity contribution in [2.24, 2.45) is 14.1 Å². The molecular formula is C19H17N7OS. The van der Waals surface area contributed by atoms with Crippen LogP contribution in [0, 0.1) is 0 Å². The van der Waals surface area contributed by atoms with E-state index in [0.29, 0.717) is 11.6 Å². The number of rotatable bonds is 4. The predicted octanol–water partition coefficient (Wildman–Crippen LogP) is 3.73. The van der Waals surface area contributed by atoms with E-state index in [1.807, 2.05) is 37.7 Å². The fraction of sp³-hybridized carbons (Fsp3) is 0.158. The lowest BCUT2D eigenvalue weighted by Gasteiger charge is -2.08. The van der Waals surface area contributed by atoms with E-state index in [1.54, 1.807) is 34.0 Å². The molecule has 28 heavy (non-hydrogen) atoms. The van der Waals surface area contributed by atoms with Crippen LogP contribution < -0.4 is 10.1 Å². The largest absolute Gasteiger partial charge is 0.496 e. The topological polar surface area (TPSA) is 82.7 Å². The number of nitrogens with one attached hydrogen (secondary N) is 1. The summed E-state index contributed by atoms with van der Waals surface area (Å²) < 4.78 is 8.99. The lowest BCUT2D eigenvalue weighted by Crippen LogP contribution is -2.02. The molecule has 5 aromatic heterocycles. The molecule has 0 fully saturated rings. The summed E-state index contributed by atoms with van der Waals surface area (Å²) in [7, 11) is 5.38. The standard InChI is InChI=1S/C19H17N7OS/c1-25-17(8-14(24-25)13-5-4-11-6-7-28-19(11)21-13)22-16-9-15(27-3)12-10-20-26(2)18(12)23-16/h4-10H,1-3H3,(H,22,23). The Kier molecular flexibility index (Phi) is 3.76. The third-order valence-electron chi connectivity index (χ3n) is 4.60. The number of pyridine rings is 2. The minimum Gasteiger partial charge on any atom is -0.496 e. The Labute approximate surface area is 164 Å². The summed E-state index contributed by atoms with van der Waals surface area (Å²) in [5.41, 5.74) is 2.38. The smallest absolute Gasteiger partial charge is 0.163 e. The molecule has 8 nitrogen and oxygen atoms in total. The first kappa shape index (κ1) is 16.7. The van der Waals surface area contributed by atoms with Crippen LogP contribution in [0.3, 0.4) is 0 Å². The first-order valence-corrected chi connectivity index (χ1v) is 9.53. The number of methoxy groups -OCH3 is 1. The normalized spacial score (nSPS) is 11.4. The van der Waals surface area contributed by atoms with Crippen molar-refractivity contribution in [2.45, 2.75) is 0 Å². The molecule has 9 heteroatoms. The van der Waals surface area contributed by atoms with Crippen LogP contribution in [0.25, 0.3) is 32.6 Å². The zero-order valence-electron chi connectivity index (χ0n) is 15.5. The minimum atomic E-state index is 0.657. The molecule has 5 heterocycles. The molecule has 0 spiro atoms. The molecule has 0 aliphatic carbocycles. The van der Waals surface area contributed by atoms with Crippen LogP contribution in [0.15, 0.2) is 41.9 Å². The molecule has 0 aromatic carbocycles. The van der Waals surface area contributed by atoms with Crippen LogP contribution in [0.4, 0.5) is 11.6 Å². The zero-order chi connectivity index (χ0) is 19.3. The summed E-state index contributed by atoms with van der Waals surface area (Å²) in [5.74, 6) is 2.18. The molecule has 0 unspecified atom stereocenters. The molecule has 0 atom stereocenters. The number of aromatic nitrogens is 6. The van der Waals surface area contributed by atoms with Crippen LogP contribution in [0.2, 0.25) is 0 Å². The number of ether oxygens (including phenoxy) is 1. The van der Waals surface area contributed by atoms with Gasteiger partial charge in [0.05, 0.1) is 24.4 Å². The van der Waals surface area contributed by atoms with Gasteiger partial charge in [0.25, 0.3) is 0 Å². The van der Waals surface area contributed by atoms with E-state index in [2.05, 4.69) is 32.6 Å². The van der Waals surface area contributed by atoms with E-state index < -0.39 is 0 Å². The molecule has 0 saturated carbocycles. The van der Waals surface area contributed by atoms with Crippen LogP contribution in [0.1, 0.15) is 0 Å². The van der Waals surface area contributed by atoms with Crippen LogP contribution in [0.5, 0.6) is 5.75 Å². The quantitative estimate of drug-likeness (QED) is 0.503. The number of fused-ring (bicyclic) bond motifs is 2. The summed E-state index contributed by atoms with van der Waals surface area (Å²) in [6.45, 7) is 0. The maximum absolute atomic E-state index is 5.49. The van der Waals surface area contributed by atoms with Gasteiger partial charge in [-0.1, -0.05) is 0 Å². The molecule has 5 aromatic rings. The number of nitrogens with zero attached hydrogens (tertiary/aromatic N) is 6. The maximum Gasteiger partial charge on any atom is 0.163 e. The van der Waals surface area contributed by atoms with Crippen LogP contribution >= 0.6 is 11.3 Å². The highest BCUT2D eigenvalue weighted by atomic mass is 32.1. The highest BCUT2D eigenvalue weighted by molar-refractivity contribution is 7.16. The molecule has 0 amide bonds. The second-order valence-corrected chi connectivity index (χ2v) is 7.28. The number of hydrogen-bond donors (Lipinski definition) is 1. The van der Waals surface area contributed by atoms with Crippen molar-refractivity contribution < 1.29 is 4.74 Å². The third-order valence-corrected chi connectivity index (χ3v) is 5.42. The maximum atomic E-state index is 5.49. The Bertz CT molecular complexity index is 1320. The molecule has 0 saturated heterocycles. The van der Waals surface area contributed by atoms with Gasteiger partial charge in [0.2, 0.25) is 0 Å². The Hall–Kier alpha value is -3.46. The van der Waals surface area contributed by atoms with Gasteiger partial charge in [-0.3, -0.25) is 9.36 Å². The van der Waals surface area contributed by atoms with E-state index in [0.717, 1.165) is 38.5 Å². The average molecular weight is 391 g/mol. The van der Waals surface area contributed by atoms with Crippen molar-refractivity contribution in [1.29, 1.82) is 0 Å². The highest BCUT2D eigenvalue weighted by Gasteiger charge is 2.14. The monoisotopic (exact) mass is 391 g/mol. The first-order chi connectivity index (χ1) is 13.6. The minimum absolute atomic E-state index is 0.657. The van der Waals surface area contributed by atoms with Gasteiger partial charge in [-0.15, -0.1) is 11.3 Å². The average Bonchev–Trinajstić information content (AvgIpc) is 3.41. The van der Waals surface area contributed by atoms with Gasteiger partial charge in [0.15, 0.2) is 5.65 Å². The molecule has 0 aliphatic rings. The van der Waals surface area contributed by atoms with Gasteiger partial charge in [-0.25, -0.2) is 9.97 Å². The van der Waals surface area contributed by atoms with Crippen molar-refractivity contribution >= 4 is 44.2 Å². The van der Waals surface area contributed by atoms with E-state index in [1.165, 1.54) is 0 Å². The molecule has 0 radical (unpaired) electrons. The highest BCUT2D eigenvalue weighted by Crippen LogP contribution is 2.30. The second kappa shape index (κ2) is 6.31. The summed E-state index contributed by atoms with van der Waals surface area (Å²) >= 11 is 1.62. The van der Waals surface area contributed by atoms with Gasteiger partial charge < -0.3 is 10.1 Å². The Morgan fingerprint density at radius 1 is 1.04 bits per heavy atom. The van der Waals surface area contributed by atoms with E-state index in [4.69, 9.17) is 9.72 Å². The predicted molar refractivity (Wildman–Crippen MR) is 110 cm³/mol. The van der Waals surface area contributed by atoms with Crippen LogP contribution in [-0.2, 0) is 14.1 Å². The lowest BCUT2D eigenvalue weighted by atomic mass is 10.2. The Balaban J connectivity index is 1.52. The van der Waals surface area contributed by atoms with Gasteiger partial charge in [0, 0.05) is 31.6 Å². The molecule has 1 N–H and O–H groups in total. The summed E-state index contributed by atoms with van der Waals surface area (Å²) in [6.07, 6.45) is 1.75. The van der Waals surface area contributed by atoms with Crippen molar-refractivity contribution in [2.75, 3.05) is 12.4 Å². The fourth-order valence-corrected chi connectivity index (χ4v) is 3.91. The van der Waals surface area contributed by atoms with Crippen molar-refractivity contribution in [1.82, 2.24) is 29.5 Å². The van der Waals surface area contributed by atoms with Crippen molar-refractivity contribution in [3.05, 3.63) is 41.9 Å². The Morgan fingerprint density at radius 2 is 1.93 bits per heavy atom. The molecule has 5 rings (SSSR count). The van der Waals surface area contributed by atoms with E-state index in [-0.39, 0.29) is 0 Å². The first-order valence-electron chi connectivity index (χ1n) is 8.65. The molecular weight excluding hydrogens is 374 g/mol. The van der Waals surface area contributed by atoms with E-state index in [9.17, 15) is 0 Å². The number of hydrogen-bond acceptors (Lipinski definition) is 7. The van der Waals surface area contributed by atoms with Gasteiger partial charge in [-0.05, 0) is 23.6 Å². The van der Waals surface area contributed by atoms with Crippen molar-refractivity contribution in [3.63, 3.8) is 0 Å². The third kappa shape index (κ3) is 2.67. The van der Waals surface area contributed by atoms with Crippen molar-refractivity contribution in [3.8, 4) is 17.1 Å². The number of anilines is 2. The molecule has 0 bridgehead atoms. The number of aryl methyl sites for hydroxylation is 2. The van der Waals surface area contributed by atoms with Gasteiger partial charge in [-0.2, -0.15) is 10.2 Å². The summed E-state index contributed by atoms with van der Waals surface area (Å²) in [5, 5.41) is 16.2. The fourth-order valence-electron chi connectivity index (χ4n) is 3.15. The van der Waals surface area contributed by atoms with E-state index >= 15 is 0 Å². The number of thiophene rings is 1. The Morgan fingerprint density at radius 3 is 2.79 bits per heavy atom. The lowest BCUT2D eigenvalue weighted by molar-refractivity contribution is 0.419. The van der Waals surface area contributed by atoms with Gasteiger partial charge in [0.1, 0.15) is 27.9 Å². The van der Waals surface area contributed by atoms with Crippen LogP contribution in [-0.4, -0.2) is 36.6 Å². The summed E-state index contributed by atoms with van der Waals surface area (Å²) in [6, 6.07) is 9.94. The zero-order valence-corrected chi connectivity index (χ0v) is 16.4. The summed E-state index contributed by atoms with van der Waals surface area (Å²) in [4.78, 5) is 10.4. The molecule has 140 valence electrons. The molecule has 0 aliphatic heterocycles.